The fourth-order valence-corrected chi connectivity index (χ4v) is 16.2. The van der Waals surface area contributed by atoms with Crippen molar-refractivity contribution in [3.05, 3.63) is 0 Å². The lowest BCUT2D eigenvalue weighted by atomic mass is 9.43. The van der Waals surface area contributed by atoms with Crippen LogP contribution in [0.2, 0.25) is 0 Å². The number of rotatable bonds is 1. The van der Waals surface area contributed by atoms with Crippen LogP contribution in [-0.4, -0.2) is 22.4 Å². The quantitative estimate of drug-likeness (QED) is 0.302. The van der Waals surface area contributed by atoms with Crippen LogP contribution in [0.1, 0.15) is 158 Å². The highest BCUT2D eigenvalue weighted by atomic mass is 16.3. The molecule has 0 saturated heterocycles. The smallest absolute Gasteiger partial charge is 0.0661 e. The van der Waals surface area contributed by atoms with Crippen molar-refractivity contribution in [2.45, 2.75) is 170 Å². The first-order chi connectivity index (χ1) is 21.8. The van der Waals surface area contributed by atoms with Crippen LogP contribution in [0.3, 0.4) is 0 Å². The monoisotopic (exact) mass is 634 g/mol. The molecule has 0 spiro atoms. The molecule has 8 aliphatic rings. The van der Waals surface area contributed by atoms with E-state index in [0.29, 0.717) is 45.3 Å². The van der Waals surface area contributed by atoms with Gasteiger partial charge in [-0.25, -0.2) is 0 Å². The van der Waals surface area contributed by atoms with Gasteiger partial charge in [0, 0.05) is 0 Å². The number of aliphatic hydroxyl groups is 2. The van der Waals surface area contributed by atoms with Gasteiger partial charge in [-0.2, -0.15) is 5.26 Å². The van der Waals surface area contributed by atoms with Gasteiger partial charge in [0.1, 0.15) is 0 Å². The molecule has 0 amide bonds. The zero-order valence-corrected chi connectivity index (χ0v) is 30.9. The summed E-state index contributed by atoms with van der Waals surface area (Å²) in [6.45, 7) is 17.4. The van der Waals surface area contributed by atoms with E-state index in [9.17, 15) is 15.5 Å². The van der Waals surface area contributed by atoms with Gasteiger partial charge in [0.15, 0.2) is 0 Å². The fraction of sp³-hybridized carbons (Fsp3) is 0.977. The fourth-order valence-electron chi connectivity index (χ4n) is 16.2. The van der Waals surface area contributed by atoms with Gasteiger partial charge in [-0.05, 0) is 189 Å². The number of fused-ring (bicyclic) bond motifs is 10. The summed E-state index contributed by atoms with van der Waals surface area (Å²) in [6.07, 6.45) is 22.1. The van der Waals surface area contributed by atoms with Crippen LogP contribution in [0, 0.1) is 104 Å². The molecular weight excluding hydrogens is 562 g/mol. The Labute approximate surface area is 283 Å². The van der Waals surface area contributed by atoms with Gasteiger partial charge in [0.2, 0.25) is 0 Å². The molecule has 0 aromatic rings. The average Bonchev–Trinajstić information content (AvgIpc) is 3.55. The Hall–Kier alpha value is -0.590. The maximum Gasteiger partial charge on any atom is 0.0661 e. The van der Waals surface area contributed by atoms with Crippen molar-refractivity contribution in [2.24, 2.45) is 92.7 Å². The second-order valence-corrected chi connectivity index (χ2v) is 20.1. The van der Waals surface area contributed by atoms with Crippen LogP contribution in [0.5, 0.6) is 0 Å². The molecule has 0 aromatic heterocycles. The van der Waals surface area contributed by atoms with Crippen molar-refractivity contribution in [2.75, 3.05) is 0 Å². The normalized spacial score (nSPS) is 58.9. The largest absolute Gasteiger partial charge is 0.393 e. The number of hydrogen-bond acceptors (Lipinski definition) is 3. The van der Waals surface area contributed by atoms with Crippen molar-refractivity contribution >= 4 is 0 Å². The van der Waals surface area contributed by atoms with Crippen LogP contribution in [0.25, 0.3) is 0 Å². The van der Waals surface area contributed by atoms with E-state index in [4.69, 9.17) is 0 Å². The Bertz CT molecular complexity index is 1160. The zero-order valence-electron chi connectivity index (χ0n) is 30.9. The van der Waals surface area contributed by atoms with E-state index >= 15 is 0 Å². The maximum absolute atomic E-state index is 10.5. The van der Waals surface area contributed by atoms with Crippen molar-refractivity contribution in [3.8, 4) is 6.07 Å². The molecule has 2 N–H and O–H groups in total. The predicted octanol–water partition coefficient (Wildman–Crippen LogP) is 10.4. The molecule has 0 heterocycles. The van der Waals surface area contributed by atoms with Gasteiger partial charge in [-0.3, -0.25) is 0 Å². The molecule has 0 bridgehead atoms. The lowest BCUT2D eigenvalue weighted by Crippen LogP contribution is -2.56. The molecular formula is C43H71NO2. The molecule has 3 heteroatoms. The first kappa shape index (κ1) is 33.9. The summed E-state index contributed by atoms with van der Waals surface area (Å²) in [5.41, 5.74) is 1.89. The summed E-state index contributed by atoms with van der Waals surface area (Å²) in [5, 5.41) is 30.5. The van der Waals surface area contributed by atoms with Gasteiger partial charge in [-0.1, -0.05) is 54.9 Å². The summed E-state index contributed by atoms with van der Waals surface area (Å²) < 4.78 is 0. The molecule has 8 fully saturated rings. The van der Waals surface area contributed by atoms with Crippen LogP contribution in [0.4, 0.5) is 0 Å². The molecule has 260 valence electrons. The number of nitrogens with zero attached hydrogens (tertiary/aromatic N) is 1. The average molecular weight is 634 g/mol. The van der Waals surface area contributed by atoms with Gasteiger partial charge in [0.05, 0.1) is 24.2 Å². The molecule has 0 unspecified atom stereocenters. The van der Waals surface area contributed by atoms with E-state index in [1.807, 2.05) is 0 Å². The molecule has 18 atom stereocenters. The lowest BCUT2D eigenvalue weighted by molar-refractivity contribution is -0.150. The maximum atomic E-state index is 10.5. The van der Waals surface area contributed by atoms with Gasteiger partial charge in [0.25, 0.3) is 0 Å². The van der Waals surface area contributed by atoms with Crippen molar-refractivity contribution in [3.63, 3.8) is 0 Å². The Morgan fingerprint density at radius 3 is 1.65 bits per heavy atom. The van der Waals surface area contributed by atoms with E-state index in [-0.39, 0.29) is 12.2 Å². The first-order valence-corrected chi connectivity index (χ1v) is 20.6. The topological polar surface area (TPSA) is 64.2 Å². The van der Waals surface area contributed by atoms with Gasteiger partial charge >= 0.3 is 0 Å². The van der Waals surface area contributed by atoms with Crippen molar-refractivity contribution in [1.29, 1.82) is 5.26 Å². The Morgan fingerprint density at radius 2 is 1.02 bits per heavy atom. The summed E-state index contributed by atoms with van der Waals surface area (Å²) in [6, 6.07) is 2.64. The van der Waals surface area contributed by atoms with Gasteiger partial charge in [-0.15, -0.1) is 0 Å². The second kappa shape index (κ2) is 12.0. The lowest BCUT2D eigenvalue weighted by Gasteiger charge is -2.62. The van der Waals surface area contributed by atoms with Crippen molar-refractivity contribution < 1.29 is 10.2 Å². The van der Waals surface area contributed by atoms with Crippen LogP contribution in [0.15, 0.2) is 0 Å². The molecule has 0 aliphatic heterocycles. The third-order valence-electron chi connectivity index (χ3n) is 19.2. The van der Waals surface area contributed by atoms with E-state index in [1.165, 1.54) is 89.9 Å². The third kappa shape index (κ3) is 4.81. The standard InChI is InChI=1S/C22H38O.C21H33NO/c1-5-15-17-9-7-16-18-8-6-14(2)21(18,3)12-10-19(16)22(17,4)13-11-20(15)23;1-13-16-7-5-15-17-6-4-14(12-22)20(17,2)10-8-18(15)21(16,3)11-9-19(13)23/h14-20,23H,5-13H2,1-4H3;13-19,23H,4-11H2,1-3H3/t14-,15+,16-,17-,18-,19-,20+,21+,22-;13-,14-,15+,16+,17+,18+,19-,20-,21+/m01/s1. The van der Waals surface area contributed by atoms with E-state index in [2.05, 4.69) is 54.5 Å². The number of nitriles is 1. The summed E-state index contributed by atoms with van der Waals surface area (Å²) in [7, 11) is 0. The van der Waals surface area contributed by atoms with Crippen LogP contribution in [-0.2, 0) is 0 Å². The Kier molecular flexibility index (Phi) is 8.86. The molecule has 3 nitrogen and oxygen atoms in total. The molecule has 8 saturated carbocycles. The van der Waals surface area contributed by atoms with Crippen molar-refractivity contribution in [1.82, 2.24) is 0 Å². The van der Waals surface area contributed by atoms with E-state index in [1.54, 1.807) is 0 Å². The highest BCUT2D eigenvalue weighted by Crippen LogP contribution is 2.69. The first-order valence-electron chi connectivity index (χ1n) is 20.6. The minimum Gasteiger partial charge on any atom is -0.393 e. The molecule has 8 aliphatic carbocycles. The zero-order chi connectivity index (χ0) is 32.8. The summed E-state index contributed by atoms with van der Waals surface area (Å²) in [5.74, 6) is 9.20. The number of aliphatic hydroxyl groups excluding tert-OH is 2. The van der Waals surface area contributed by atoms with E-state index < -0.39 is 0 Å². The minimum atomic E-state index is -0.0760. The SMILES string of the molecule is CC[C@H]1[C@H](O)CC[C@]2(C)[C@H]3CC[C@]4(C)[C@@H](C)CC[C@H]4[C@@H]3CC[C@@H]12.C[C@H]1[C@H](O)CC[C@@]2(C)[C@H]1CC[C@@H]1[C@@H]2CC[C@]2(C)[C@@H](C#N)CC[C@@H]12. The Balaban J connectivity index is 0.000000147. The second-order valence-electron chi connectivity index (χ2n) is 20.1. The highest BCUT2D eigenvalue weighted by molar-refractivity contribution is 5.13. The summed E-state index contributed by atoms with van der Waals surface area (Å²) in [4.78, 5) is 0. The van der Waals surface area contributed by atoms with Gasteiger partial charge < -0.3 is 10.2 Å². The highest BCUT2D eigenvalue weighted by Gasteiger charge is 2.62. The van der Waals surface area contributed by atoms with Crippen LogP contribution < -0.4 is 0 Å². The number of hydrogen-bond donors (Lipinski definition) is 2. The third-order valence-corrected chi connectivity index (χ3v) is 19.2. The van der Waals surface area contributed by atoms with E-state index in [0.717, 1.165) is 66.6 Å². The molecule has 0 aromatic carbocycles. The predicted molar refractivity (Wildman–Crippen MR) is 187 cm³/mol. The molecule has 8 rings (SSSR count). The molecule has 46 heavy (non-hydrogen) atoms. The minimum absolute atomic E-state index is 0.0185. The Morgan fingerprint density at radius 1 is 0.543 bits per heavy atom. The van der Waals surface area contributed by atoms with Crippen LogP contribution >= 0.6 is 0 Å². The molecule has 0 radical (unpaired) electrons. The summed E-state index contributed by atoms with van der Waals surface area (Å²) >= 11 is 0.